The molecule has 28 heavy (non-hydrogen) atoms. The van der Waals surface area contributed by atoms with E-state index in [1.807, 2.05) is 18.2 Å². The summed E-state index contributed by atoms with van der Waals surface area (Å²) in [7, 11) is 0. The van der Waals surface area contributed by atoms with Gasteiger partial charge in [-0.1, -0.05) is 32.0 Å². The van der Waals surface area contributed by atoms with Crippen molar-refractivity contribution < 1.29 is 23.9 Å². The maximum atomic E-state index is 12.2. The molecule has 0 spiro atoms. The second-order valence-corrected chi connectivity index (χ2v) is 6.92. The third-order valence-corrected chi connectivity index (χ3v) is 4.40. The van der Waals surface area contributed by atoms with Crippen LogP contribution in [0.15, 0.2) is 30.3 Å². The van der Waals surface area contributed by atoms with Crippen LogP contribution < -0.4 is 15.4 Å². The second-order valence-electron chi connectivity index (χ2n) is 6.54. The number of hydrogen-bond donors (Lipinski definition) is 2. The van der Waals surface area contributed by atoms with Crippen molar-refractivity contribution in [3.8, 4) is 5.75 Å². The maximum absolute atomic E-state index is 12.2. The first-order chi connectivity index (χ1) is 13.4. The van der Waals surface area contributed by atoms with Gasteiger partial charge >= 0.3 is 5.97 Å². The van der Waals surface area contributed by atoms with E-state index in [0.29, 0.717) is 18.8 Å². The molecule has 1 aliphatic rings. The Balaban J connectivity index is 1.83. The first kappa shape index (κ1) is 21.6. The highest BCUT2D eigenvalue weighted by atomic mass is 32.1. The van der Waals surface area contributed by atoms with E-state index in [2.05, 4.69) is 10.6 Å². The van der Waals surface area contributed by atoms with Crippen LogP contribution in [0.25, 0.3) is 0 Å². The third-order valence-electron chi connectivity index (χ3n) is 4.06. The van der Waals surface area contributed by atoms with Crippen LogP contribution in [0.2, 0.25) is 0 Å². The van der Waals surface area contributed by atoms with E-state index in [1.165, 1.54) is 0 Å². The lowest BCUT2D eigenvalue weighted by atomic mass is 10.1. The Morgan fingerprint density at radius 3 is 2.68 bits per heavy atom. The van der Waals surface area contributed by atoms with E-state index in [0.717, 1.165) is 0 Å². The number of carbonyl (C=O) groups excluding carboxylic acids is 3. The molecule has 2 N–H and O–H groups in total. The molecule has 1 unspecified atom stereocenters. The molecule has 2 rings (SSSR count). The van der Waals surface area contributed by atoms with E-state index >= 15 is 0 Å². The molecule has 1 heterocycles. The number of esters is 1. The molecule has 1 aromatic rings. The lowest BCUT2D eigenvalue weighted by Crippen LogP contribution is -2.60. The van der Waals surface area contributed by atoms with Crippen LogP contribution in [-0.2, 0) is 19.1 Å². The van der Waals surface area contributed by atoms with Crippen LogP contribution in [0, 0.1) is 5.92 Å². The molecule has 1 aliphatic heterocycles. The summed E-state index contributed by atoms with van der Waals surface area (Å²) in [5.74, 6) is -0.672. The minimum atomic E-state index is -0.823. The zero-order valence-electron chi connectivity index (χ0n) is 16.0. The highest BCUT2D eigenvalue weighted by molar-refractivity contribution is 7.80. The lowest BCUT2D eigenvalue weighted by Gasteiger charge is -2.36. The first-order valence-electron chi connectivity index (χ1n) is 9.11. The number of rotatable bonds is 7. The Morgan fingerprint density at radius 2 is 2.00 bits per heavy atom. The molecule has 8 nitrogen and oxygen atoms in total. The molecule has 0 saturated carbocycles. The summed E-state index contributed by atoms with van der Waals surface area (Å²) in [5.41, 5.74) is 0. The quantitative estimate of drug-likeness (QED) is 0.393. The van der Waals surface area contributed by atoms with Crippen LogP contribution in [0.4, 0.5) is 0 Å². The zero-order valence-corrected chi connectivity index (χ0v) is 16.8. The third kappa shape index (κ3) is 6.49. The Morgan fingerprint density at radius 1 is 1.29 bits per heavy atom. The summed E-state index contributed by atoms with van der Waals surface area (Å²) in [6.07, 6.45) is -0.172. The molecule has 1 fully saturated rings. The summed E-state index contributed by atoms with van der Waals surface area (Å²) >= 11 is 5.25. The number of nitrogens with zero attached hydrogens (tertiary/aromatic N) is 1. The van der Waals surface area contributed by atoms with Gasteiger partial charge in [0.25, 0.3) is 0 Å². The zero-order chi connectivity index (χ0) is 20.5. The molecule has 0 aromatic heterocycles. The maximum Gasteiger partial charge on any atom is 0.308 e. The number of hydrogen-bond acceptors (Lipinski definition) is 6. The first-order valence-corrected chi connectivity index (χ1v) is 9.52. The number of thiocarbonyl (C=S) groups is 1. The average Bonchev–Trinajstić information content (AvgIpc) is 2.67. The predicted molar refractivity (Wildman–Crippen MR) is 107 cm³/mol. The van der Waals surface area contributed by atoms with Gasteiger partial charge in [0.15, 0.2) is 5.11 Å². The average molecular weight is 407 g/mol. The summed E-state index contributed by atoms with van der Waals surface area (Å²) in [6, 6.07) is 8.35. The highest BCUT2D eigenvalue weighted by Crippen LogP contribution is 2.12. The molecule has 1 saturated heterocycles. The van der Waals surface area contributed by atoms with Crippen LogP contribution in [0.5, 0.6) is 5.75 Å². The van der Waals surface area contributed by atoms with Crippen molar-refractivity contribution in [3.05, 3.63) is 30.3 Å². The Labute approximate surface area is 169 Å². The normalized spacial score (nSPS) is 16.3. The van der Waals surface area contributed by atoms with Crippen LogP contribution >= 0.6 is 12.2 Å². The fourth-order valence-corrected chi connectivity index (χ4v) is 2.85. The van der Waals surface area contributed by atoms with E-state index in [1.54, 1.807) is 30.9 Å². The van der Waals surface area contributed by atoms with Crippen LogP contribution in [0.1, 0.15) is 20.3 Å². The molecule has 9 heteroatoms. The van der Waals surface area contributed by atoms with Crippen molar-refractivity contribution in [1.82, 2.24) is 15.5 Å². The van der Waals surface area contributed by atoms with E-state index in [-0.39, 0.29) is 42.5 Å². The summed E-state index contributed by atoms with van der Waals surface area (Å²) < 4.78 is 10.6. The summed E-state index contributed by atoms with van der Waals surface area (Å²) in [6.45, 7) is 4.54. The van der Waals surface area contributed by atoms with Crippen molar-refractivity contribution in [3.63, 3.8) is 0 Å². The van der Waals surface area contributed by atoms with Gasteiger partial charge in [0.2, 0.25) is 11.8 Å². The summed E-state index contributed by atoms with van der Waals surface area (Å²) in [4.78, 5) is 37.8. The molecule has 1 atom stereocenters. The number of ether oxygens (including phenoxy) is 2. The fourth-order valence-electron chi connectivity index (χ4n) is 2.53. The topological polar surface area (TPSA) is 97.0 Å². The van der Waals surface area contributed by atoms with Gasteiger partial charge in [-0.3, -0.25) is 14.4 Å². The molecule has 2 amide bonds. The van der Waals surface area contributed by atoms with Crippen molar-refractivity contribution >= 4 is 35.1 Å². The lowest BCUT2D eigenvalue weighted by molar-refractivity contribution is -0.148. The Bertz CT molecular complexity index is 711. The number of amides is 2. The second kappa shape index (κ2) is 10.6. The van der Waals surface area contributed by atoms with Crippen LogP contribution in [-0.4, -0.2) is 60.1 Å². The van der Waals surface area contributed by atoms with Gasteiger partial charge in [-0.05, 0) is 24.4 Å². The van der Waals surface area contributed by atoms with E-state index < -0.39 is 12.0 Å². The van der Waals surface area contributed by atoms with Gasteiger partial charge in [0, 0.05) is 19.0 Å². The summed E-state index contributed by atoms with van der Waals surface area (Å²) in [5, 5.41) is 5.45. The van der Waals surface area contributed by atoms with E-state index in [4.69, 9.17) is 21.7 Å². The number of piperazine rings is 1. The van der Waals surface area contributed by atoms with Crippen molar-refractivity contribution in [2.75, 3.05) is 26.3 Å². The molecular formula is C19H25N3O5S. The number of nitrogens with one attached hydrogen (secondary N) is 2. The van der Waals surface area contributed by atoms with Crippen molar-refractivity contribution in [2.24, 2.45) is 5.92 Å². The van der Waals surface area contributed by atoms with Gasteiger partial charge in [0.1, 0.15) is 25.0 Å². The molecule has 0 bridgehead atoms. The molecule has 1 aromatic carbocycles. The molecule has 0 aliphatic carbocycles. The number of carbonyl (C=O) groups is 3. The Kier molecular flexibility index (Phi) is 8.19. The standard InChI is InChI=1S/C19H25N3O5S/c1-13(2)17(24)21-19(28)22-9-8-20-18(25)15(22)12-16(23)27-11-10-26-14-6-4-3-5-7-14/h3-7,13,15H,8-12H2,1-2H3,(H,20,25)(H,21,24,28). The minimum Gasteiger partial charge on any atom is -0.490 e. The minimum absolute atomic E-state index is 0.0661. The largest absolute Gasteiger partial charge is 0.490 e. The molecule has 0 radical (unpaired) electrons. The predicted octanol–water partition coefficient (Wildman–Crippen LogP) is 0.856. The van der Waals surface area contributed by atoms with Gasteiger partial charge in [-0.15, -0.1) is 0 Å². The Hall–Kier alpha value is -2.68. The molecular weight excluding hydrogens is 382 g/mol. The van der Waals surface area contributed by atoms with Crippen molar-refractivity contribution in [2.45, 2.75) is 26.3 Å². The van der Waals surface area contributed by atoms with Gasteiger partial charge in [0.05, 0.1) is 6.42 Å². The van der Waals surface area contributed by atoms with Crippen molar-refractivity contribution in [1.29, 1.82) is 0 Å². The monoisotopic (exact) mass is 407 g/mol. The number of para-hydroxylation sites is 1. The molecule has 152 valence electrons. The van der Waals surface area contributed by atoms with Gasteiger partial charge in [-0.2, -0.15) is 0 Å². The number of benzene rings is 1. The van der Waals surface area contributed by atoms with E-state index in [9.17, 15) is 14.4 Å². The van der Waals surface area contributed by atoms with Gasteiger partial charge in [-0.25, -0.2) is 0 Å². The smallest absolute Gasteiger partial charge is 0.308 e. The van der Waals surface area contributed by atoms with Gasteiger partial charge < -0.3 is 25.0 Å². The highest BCUT2D eigenvalue weighted by Gasteiger charge is 2.34. The van der Waals surface area contributed by atoms with Crippen LogP contribution in [0.3, 0.4) is 0 Å². The SMILES string of the molecule is CC(C)C(=O)NC(=S)N1CCNC(=O)C1CC(=O)OCCOc1ccccc1. The fraction of sp³-hybridized carbons (Fsp3) is 0.474.